The molecular weight excluding hydrogens is 504 g/mol. The predicted molar refractivity (Wildman–Crippen MR) is 181 cm³/mol. The first-order valence-corrected chi connectivity index (χ1v) is 12.2. The van der Waals surface area contributed by atoms with Crippen molar-refractivity contribution in [3.63, 3.8) is 0 Å². The monoisotopic (exact) mass is 560 g/mol. The largest absolute Gasteiger partial charge is 0.0636 e. The maximum Gasteiger partial charge on any atom is 0.0636 e. The molecule has 0 nitrogen and oxygen atoms in total. The van der Waals surface area contributed by atoms with E-state index in [0.29, 0.717) is 0 Å². The van der Waals surface area contributed by atoms with Gasteiger partial charge in [-0.25, -0.2) is 0 Å². The highest BCUT2D eigenvalue weighted by Gasteiger charge is 2.18. The van der Waals surface area contributed by atoms with Gasteiger partial charge in [-0.2, -0.15) is 0 Å². The first-order chi connectivity index (χ1) is 32.5. The Kier molecular flexibility index (Phi) is 2.19. The molecule has 0 unspecified atom stereocenters. The average molecular weight is 561 g/mol. The normalized spacial score (nSPS) is 20.7. The molecule has 0 aliphatic heterocycles. The van der Waals surface area contributed by atoms with E-state index in [0.717, 1.165) is 0 Å². The Balaban J connectivity index is 1.82. The van der Waals surface area contributed by atoms with Gasteiger partial charge in [0.1, 0.15) is 0 Å². The van der Waals surface area contributed by atoms with Crippen molar-refractivity contribution in [1.29, 1.82) is 0 Å². The standard InChI is InChI=1S/C42H28/c1-3-13-29(14-4-1)32-19-11-20-34(27-32)42-38-23-10-9-22-37(38)41(31-16-5-2-6-17-31)39-26-25-33(28-40(39)42)36-24-12-18-30-15-7-8-21-35(30)36/h1-28H/i1D,2D,3D,4D,5D,6D,7D,8D,9D,10D,11D,12D,13D,14D,15D,16D,17D,18D,19D,20D,21D,22D,23D,24D,25D,26D,27D,28D. The van der Waals surface area contributed by atoms with E-state index in [2.05, 4.69) is 0 Å². The van der Waals surface area contributed by atoms with Crippen LogP contribution in [0.15, 0.2) is 169 Å². The van der Waals surface area contributed by atoms with Crippen molar-refractivity contribution < 1.29 is 38.4 Å². The SMILES string of the molecule is [2H]c1c([2H])c([2H])c(-c2c([2H])c([2H])c([2H])c(-c3c4c([2H])c([2H])c([2H])c([2H])c4c(-c4c([2H])c([2H])c([2H])c([2H])c4[2H])c4c([2H])c([2H])c(-c5c([2H])c([2H])c([2H])c6c([2H])c([2H])c([2H])c([2H])c56)c([2H])c34)c2[2H])c([2H])c1[2H]. The van der Waals surface area contributed by atoms with E-state index in [1.807, 2.05) is 0 Å². The summed E-state index contributed by atoms with van der Waals surface area (Å²) in [4.78, 5) is 0. The van der Waals surface area contributed by atoms with Crippen LogP contribution >= 0.6 is 0 Å². The molecule has 0 atom stereocenters. The number of fused-ring (bicyclic) bond motifs is 3. The van der Waals surface area contributed by atoms with E-state index in [-0.39, 0.29) is 0 Å². The van der Waals surface area contributed by atoms with Crippen LogP contribution < -0.4 is 0 Å². The molecule has 0 aliphatic rings. The van der Waals surface area contributed by atoms with Crippen LogP contribution in [0.2, 0.25) is 0 Å². The third kappa shape index (κ3) is 4.08. The molecule has 0 N–H and O–H groups in total. The lowest BCUT2D eigenvalue weighted by Gasteiger charge is -2.19. The summed E-state index contributed by atoms with van der Waals surface area (Å²) in [6.07, 6.45) is 0. The van der Waals surface area contributed by atoms with Crippen LogP contribution in [0.1, 0.15) is 38.4 Å². The van der Waals surface area contributed by atoms with Crippen molar-refractivity contribution in [3.05, 3.63) is 169 Å². The van der Waals surface area contributed by atoms with Crippen LogP contribution in [0.25, 0.3) is 76.8 Å². The van der Waals surface area contributed by atoms with Crippen LogP contribution in [-0.4, -0.2) is 0 Å². The van der Waals surface area contributed by atoms with Gasteiger partial charge in [-0.15, -0.1) is 0 Å². The van der Waals surface area contributed by atoms with E-state index >= 15 is 0 Å². The zero-order valence-corrected chi connectivity index (χ0v) is 21.0. The van der Waals surface area contributed by atoms with Gasteiger partial charge in [-0.05, 0) is 88.9 Å². The smallest absolute Gasteiger partial charge is 0.0622 e. The Morgan fingerprint density at radius 3 is 1.57 bits per heavy atom. The minimum atomic E-state index is -1.13. The quantitative estimate of drug-likeness (QED) is 0.188. The summed E-state index contributed by atoms with van der Waals surface area (Å²) in [5.41, 5.74) is -6.89. The Morgan fingerprint density at radius 2 is 0.810 bits per heavy atom. The topological polar surface area (TPSA) is 0 Å². The van der Waals surface area contributed by atoms with Crippen LogP contribution in [-0.2, 0) is 0 Å². The van der Waals surface area contributed by atoms with E-state index < -0.39 is 246 Å². The molecule has 0 saturated heterocycles. The summed E-state index contributed by atoms with van der Waals surface area (Å²) in [5, 5.41) is -4.68. The maximum absolute atomic E-state index is 10.1. The zero-order valence-electron chi connectivity index (χ0n) is 49.0. The fourth-order valence-corrected chi connectivity index (χ4v) is 4.69. The second kappa shape index (κ2) is 10.2. The number of hydrogen-bond donors (Lipinski definition) is 0. The van der Waals surface area contributed by atoms with Gasteiger partial charge in [0.2, 0.25) is 0 Å². The maximum atomic E-state index is 10.1. The number of hydrogen-bond acceptors (Lipinski definition) is 0. The van der Waals surface area contributed by atoms with Crippen LogP contribution in [0.5, 0.6) is 0 Å². The van der Waals surface area contributed by atoms with Crippen molar-refractivity contribution in [2.24, 2.45) is 0 Å². The van der Waals surface area contributed by atoms with Gasteiger partial charge in [-0.1, -0.05) is 157 Å². The molecule has 0 heteroatoms. The van der Waals surface area contributed by atoms with E-state index in [1.165, 1.54) is 0 Å². The molecule has 0 aliphatic carbocycles. The molecule has 196 valence electrons. The van der Waals surface area contributed by atoms with Crippen molar-refractivity contribution in [3.8, 4) is 44.5 Å². The molecule has 0 bridgehead atoms. The highest BCUT2D eigenvalue weighted by atomic mass is 14.2. The lowest BCUT2D eigenvalue weighted by atomic mass is 9.84. The Hall–Kier alpha value is -5.46. The van der Waals surface area contributed by atoms with Crippen LogP contribution in [0.4, 0.5) is 0 Å². The molecule has 0 saturated carbocycles. The summed E-state index contributed by atoms with van der Waals surface area (Å²) in [6, 6.07) is -28.1. The number of rotatable bonds is 4. The summed E-state index contributed by atoms with van der Waals surface area (Å²) in [5.74, 6) is 0. The lowest BCUT2D eigenvalue weighted by Crippen LogP contribution is -1.92. The van der Waals surface area contributed by atoms with Gasteiger partial charge in [0, 0.05) is 0 Å². The van der Waals surface area contributed by atoms with Crippen molar-refractivity contribution in [1.82, 2.24) is 0 Å². The molecule has 0 spiro atoms. The van der Waals surface area contributed by atoms with E-state index in [9.17, 15) is 9.60 Å². The summed E-state index contributed by atoms with van der Waals surface area (Å²) >= 11 is 0. The minimum Gasteiger partial charge on any atom is -0.0622 e. The van der Waals surface area contributed by atoms with Gasteiger partial charge < -0.3 is 0 Å². The summed E-state index contributed by atoms with van der Waals surface area (Å²) in [7, 11) is 0. The molecule has 0 aromatic heterocycles. The van der Waals surface area contributed by atoms with Crippen molar-refractivity contribution >= 4 is 32.3 Å². The molecular formula is C42H28. The third-order valence-corrected chi connectivity index (χ3v) is 6.44. The molecule has 0 fully saturated rings. The Bertz CT molecular complexity index is 3730. The molecule has 0 radical (unpaired) electrons. The van der Waals surface area contributed by atoms with Crippen LogP contribution in [0.3, 0.4) is 0 Å². The van der Waals surface area contributed by atoms with Crippen molar-refractivity contribution in [2.75, 3.05) is 0 Å². The van der Waals surface area contributed by atoms with Gasteiger partial charge in [-0.3, -0.25) is 0 Å². The molecule has 8 aromatic carbocycles. The average Bonchev–Trinajstić information content (AvgIpc) is 3.32. The zero-order chi connectivity index (χ0) is 52.2. The second-order valence-corrected chi connectivity index (χ2v) is 8.75. The first kappa shape index (κ1) is 9.02. The fourth-order valence-electron chi connectivity index (χ4n) is 4.69. The van der Waals surface area contributed by atoms with Gasteiger partial charge in [0.15, 0.2) is 0 Å². The Labute approximate surface area is 285 Å². The molecule has 0 amide bonds. The molecule has 42 heavy (non-hydrogen) atoms. The van der Waals surface area contributed by atoms with Gasteiger partial charge >= 0.3 is 0 Å². The predicted octanol–water partition coefficient (Wildman–Crippen LogP) is 11.8. The first-order valence-electron chi connectivity index (χ1n) is 26.2. The van der Waals surface area contributed by atoms with E-state index in [1.54, 1.807) is 0 Å². The van der Waals surface area contributed by atoms with E-state index in [4.69, 9.17) is 28.8 Å². The molecule has 8 rings (SSSR count). The van der Waals surface area contributed by atoms with Gasteiger partial charge in [0.25, 0.3) is 0 Å². The summed E-state index contributed by atoms with van der Waals surface area (Å²) < 4.78 is 250. The molecule has 8 aromatic rings. The second-order valence-electron chi connectivity index (χ2n) is 8.75. The minimum absolute atomic E-state index is 0.657. The molecule has 0 heterocycles. The third-order valence-electron chi connectivity index (χ3n) is 6.44. The number of benzene rings is 8. The highest BCUT2D eigenvalue weighted by Crippen LogP contribution is 2.45. The summed E-state index contributed by atoms with van der Waals surface area (Å²) in [6.45, 7) is 0. The van der Waals surface area contributed by atoms with Crippen LogP contribution in [0, 0.1) is 0 Å². The Morgan fingerprint density at radius 1 is 0.286 bits per heavy atom. The van der Waals surface area contributed by atoms with Gasteiger partial charge in [0.05, 0.1) is 38.4 Å². The highest BCUT2D eigenvalue weighted by molar-refractivity contribution is 6.22. The fraction of sp³-hybridized carbons (Fsp3) is 0. The van der Waals surface area contributed by atoms with Crippen molar-refractivity contribution in [2.45, 2.75) is 0 Å². The lowest BCUT2D eigenvalue weighted by molar-refractivity contribution is 1.61.